The Kier molecular flexibility index (Phi) is 4.52. The van der Waals surface area contributed by atoms with Crippen molar-refractivity contribution >= 4 is 27.4 Å². The highest BCUT2D eigenvalue weighted by Crippen LogP contribution is 2.31. The fourth-order valence-electron chi connectivity index (χ4n) is 1.96. The summed E-state index contributed by atoms with van der Waals surface area (Å²) in [6.45, 7) is 3.25. The molecule has 1 aromatic carbocycles. The van der Waals surface area contributed by atoms with E-state index in [9.17, 15) is 9.90 Å². The van der Waals surface area contributed by atoms with Gasteiger partial charge in [0.15, 0.2) is 0 Å². The van der Waals surface area contributed by atoms with Crippen molar-refractivity contribution in [3.63, 3.8) is 0 Å². The van der Waals surface area contributed by atoms with Gasteiger partial charge in [0, 0.05) is 24.4 Å². The summed E-state index contributed by atoms with van der Waals surface area (Å²) in [5, 5.41) is 22.4. The van der Waals surface area contributed by atoms with Gasteiger partial charge < -0.3 is 15.5 Å². The number of hydrogen-bond acceptors (Lipinski definition) is 4. The van der Waals surface area contributed by atoms with E-state index in [-0.39, 0.29) is 12.5 Å². The Labute approximate surface area is 115 Å². The number of hydrogen-bond donors (Lipinski definition) is 3. The molecule has 1 heterocycles. The van der Waals surface area contributed by atoms with Crippen molar-refractivity contribution in [2.75, 3.05) is 13.2 Å². The Morgan fingerprint density at radius 2 is 2.16 bits per heavy atom. The fourth-order valence-corrected chi connectivity index (χ4v) is 3.02. The lowest BCUT2D eigenvalue weighted by Gasteiger charge is -2.09. The molecule has 19 heavy (non-hydrogen) atoms. The Balaban J connectivity index is 2.24. The molecular formula is C14H17NO3S. The van der Waals surface area contributed by atoms with Crippen LogP contribution in [0.15, 0.2) is 24.3 Å². The van der Waals surface area contributed by atoms with E-state index in [0.29, 0.717) is 18.0 Å². The van der Waals surface area contributed by atoms with Crippen LogP contribution in [-0.4, -0.2) is 29.3 Å². The van der Waals surface area contributed by atoms with Crippen molar-refractivity contribution in [1.29, 1.82) is 0 Å². The molecule has 3 N–H and O–H groups in total. The van der Waals surface area contributed by atoms with Gasteiger partial charge in [-0.3, -0.25) is 0 Å². The first-order chi connectivity index (χ1) is 9.13. The van der Waals surface area contributed by atoms with Crippen LogP contribution in [0.1, 0.15) is 22.2 Å². The average Bonchev–Trinajstić information content (AvgIpc) is 2.78. The van der Waals surface area contributed by atoms with Crippen LogP contribution in [0.4, 0.5) is 0 Å². The van der Waals surface area contributed by atoms with Crippen LogP contribution in [0.5, 0.6) is 0 Å². The Morgan fingerprint density at radius 1 is 1.42 bits per heavy atom. The summed E-state index contributed by atoms with van der Waals surface area (Å²) >= 11 is 1.31. The predicted octanol–water partition coefficient (Wildman–Crippen LogP) is 2.32. The molecule has 0 bridgehead atoms. The lowest BCUT2D eigenvalue weighted by atomic mass is 10.1. The van der Waals surface area contributed by atoms with Crippen molar-refractivity contribution < 1.29 is 15.0 Å². The molecule has 0 aliphatic heterocycles. The van der Waals surface area contributed by atoms with Gasteiger partial charge in [-0.1, -0.05) is 25.1 Å². The first-order valence-electron chi connectivity index (χ1n) is 6.18. The van der Waals surface area contributed by atoms with Gasteiger partial charge in [0.2, 0.25) is 0 Å². The number of carbonyl (C=O) groups is 1. The highest BCUT2D eigenvalue weighted by molar-refractivity contribution is 7.21. The van der Waals surface area contributed by atoms with Crippen LogP contribution in [0.3, 0.4) is 0 Å². The van der Waals surface area contributed by atoms with E-state index >= 15 is 0 Å². The van der Waals surface area contributed by atoms with Crippen LogP contribution >= 0.6 is 11.3 Å². The van der Waals surface area contributed by atoms with E-state index < -0.39 is 5.97 Å². The van der Waals surface area contributed by atoms with Gasteiger partial charge in [0.25, 0.3) is 0 Å². The third-order valence-electron chi connectivity index (χ3n) is 3.00. The maximum atomic E-state index is 11.3. The molecule has 0 spiro atoms. The molecule has 1 aromatic heterocycles. The zero-order chi connectivity index (χ0) is 13.8. The largest absolute Gasteiger partial charge is 0.477 e. The molecule has 0 amide bonds. The van der Waals surface area contributed by atoms with Crippen molar-refractivity contribution in [2.45, 2.75) is 13.5 Å². The summed E-state index contributed by atoms with van der Waals surface area (Å²) in [6.07, 6.45) is 0. The van der Waals surface area contributed by atoms with E-state index in [4.69, 9.17) is 5.11 Å². The van der Waals surface area contributed by atoms with Gasteiger partial charge in [0.05, 0.1) is 0 Å². The third-order valence-corrected chi connectivity index (χ3v) is 4.20. The number of nitrogens with one attached hydrogen (secondary N) is 1. The second-order valence-electron chi connectivity index (χ2n) is 4.63. The quantitative estimate of drug-likeness (QED) is 0.759. The van der Waals surface area contributed by atoms with Crippen molar-refractivity contribution in [1.82, 2.24) is 5.32 Å². The number of rotatable bonds is 6. The van der Waals surface area contributed by atoms with E-state index in [1.165, 1.54) is 11.3 Å². The molecule has 1 atom stereocenters. The minimum atomic E-state index is -0.881. The lowest BCUT2D eigenvalue weighted by molar-refractivity contribution is 0.0701. The molecular weight excluding hydrogens is 262 g/mol. The first kappa shape index (κ1) is 14.0. The fraction of sp³-hybridized carbons (Fsp3) is 0.357. The number of aliphatic hydroxyl groups excluding tert-OH is 1. The topological polar surface area (TPSA) is 69.6 Å². The molecule has 5 heteroatoms. The summed E-state index contributed by atoms with van der Waals surface area (Å²) in [6, 6.07) is 7.72. The molecule has 0 radical (unpaired) electrons. The summed E-state index contributed by atoms with van der Waals surface area (Å²) in [5.41, 5.74) is 0.832. The summed E-state index contributed by atoms with van der Waals surface area (Å²) in [5.74, 6) is -0.716. The number of fused-ring (bicyclic) bond motifs is 1. The van der Waals surface area contributed by atoms with Gasteiger partial charge in [-0.2, -0.15) is 0 Å². The minimum Gasteiger partial charge on any atom is -0.477 e. The van der Waals surface area contributed by atoms with Crippen molar-refractivity contribution in [3.8, 4) is 0 Å². The monoisotopic (exact) mass is 279 g/mol. The van der Waals surface area contributed by atoms with Crippen LogP contribution < -0.4 is 5.32 Å². The molecule has 1 unspecified atom stereocenters. The molecule has 0 fully saturated rings. The summed E-state index contributed by atoms with van der Waals surface area (Å²) in [7, 11) is 0. The van der Waals surface area contributed by atoms with E-state index in [2.05, 4.69) is 5.32 Å². The van der Waals surface area contributed by atoms with Gasteiger partial charge in [-0.05, 0) is 22.9 Å². The highest BCUT2D eigenvalue weighted by atomic mass is 32.1. The van der Waals surface area contributed by atoms with Gasteiger partial charge in [-0.25, -0.2) is 4.79 Å². The molecule has 0 saturated heterocycles. The van der Waals surface area contributed by atoms with Gasteiger partial charge >= 0.3 is 5.97 Å². The van der Waals surface area contributed by atoms with Crippen molar-refractivity contribution in [2.24, 2.45) is 5.92 Å². The first-order valence-corrected chi connectivity index (χ1v) is 7.00. The summed E-state index contributed by atoms with van der Waals surface area (Å²) in [4.78, 5) is 11.7. The SMILES string of the molecule is CC(CO)CNCc1c(C(=O)O)sc2ccccc12. The van der Waals surface area contributed by atoms with E-state index in [1.54, 1.807) is 0 Å². The zero-order valence-corrected chi connectivity index (χ0v) is 11.5. The zero-order valence-electron chi connectivity index (χ0n) is 10.7. The van der Waals surface area contributed by atoms with Gasteiger partial charge in [0.1, 0.15) is 4.88 Å². The lowest BCUT2D eigenvalue weighted by Crippen LogP contribution is -2.23. The normalized spacial score (nSPS) is 12.7. The van der Waals surface area contributed by atoms with Gasteiger partial charge in [-0.15, -0.1) is 11.3 Å². The van der Waals surface area contributed by atoms with Crippen LogP contribution in [-0.2, 0) is 6.54 Å². The molecule has 0 aliphatic carbocycles. The number of benzene rings is 1. The van der Waals surface area contributed by atoms with E-state index in [1.807, 2.05) is 31.2 Å². The number of aromatic carboxylic acids is 1. The minimum absolute atomic E-state index is 0.128. The molecule has 2 aromatic rings. The molecule has 0 aliphatic rings. The second-order valence-corrected chi connectivity index (χ2v) is 5.68. The van der Waals surface area contributed by atoms with Crippen LogP contribution in [0.25, 0.3) is 10.1 Å². The number of carboxylic acids is 1. The summed E-state index contributed by atoms with van der Waals surface area (Å²) < 4.78 is 0.993. The molecule has 0 saturated carbocycles. The highest BCUT2D eigenvalue weighted by Gasteiger charge is 2.17. The molecule has 102 valence electrons. The standard InChI is InChI=1S/C14H17NO3S/c1-9(8-16)6-15-7-11-10-4-2-3-5-12(10)19-13(11)14(17)18/h2-5,9,15-16H,6-8H2,1H3,(H,17,18). The third kappa shape index (κ3) is 3.12. The van der Waals surface area contributed by atoms with E-state index in [0.717, 1.165) is 15.6 Å². The van der Waals surface area contributed by atoms with Crippen LogP contribution in [0, 0.1) is 5.92 Å². The molecule has 2 rings (SSSR count). The van der Waals surface area contributed by atoms with Crippen molar-refractivity contribution in [3.05, 3.63) is 34.7 Å². The maximum Gasteiger partial charge on any atom is 0.346 e. The Hall–Kier alpha value is -1.43. The Bertz CT molecular complexity index is 579. The smallest absolute Gasteiger partial charge is 0.346 e. The Morgan fingerprint density at radius 3 is 2.84 bits per heavy atom. The number of aliphatic hydroxyl groups is 1. The predicted molar refractivity (Wildman–Crippen MR) is 76.7 cm³/mol. The number of thiophene rings is 1. The number of carboxylic acid groups (broad SMARTS) is 1. The second kappa shape index (κ2) is 6.14. The van der Waals surface area contributed by atoms with Crippen LogP contribution in [0.2, 0.25) is 0 Å². The molecule has 4 nitrogen and oxygen atoms in total. The maximum absolute atomic E-state index is 11.3. The average molecular weight is 279 g/mol.